The molecular weight excluding hydrogens is 280 g/mol. The minimum Gasteiger partial charge on any atom is -0.128 e. The van der Waals surface area contributed by atoms with Crippen molar-refractivity contribution in [1.82, 2.24) is 0 Å². The van der Waals surface area contributed by atoms with Crippen LogP contribution in [0.25, 0.3) is 12.2 Å². The molecule has 2 rings (SSSR count). The fraction of sp³-hybridized carbons (Fsp3) is 0.111. The molecule has 0 nitrogen and oxygen atoms in total. The molecule has 0 spiro atoms. The van der Waals surface area contributed by atoms with Crippen LogP contribution in [0.3, 0.4) is 0 Å². The first-order chi connectivity index (χ1) is 9.83. The van der Waals surface area contributed by atoms with Gasteiger partial charge in [0, 0.05) is 9.79 Å². The second-order valence-corrected chi connectivity index (χ2v) is 5.94. The van der Waals surface area contributed by atoms with Gasteiger partial charge in [-0.2, -0.15) is 0 Å². The lowest BCUT2D eigenvalue weighted by molar-refractivity contribution is 1.25. The van der Waals surface area contributed by atoms with E-state index >= 15 is 0 Å². The molecule has 0 saturated heterocycles. The zero-order chi connectivity index (χ0) is 14.2. The zero-order valence-corrected chi connectivity index (χ0v) is 13.4. The molecule has 0 aliphatic rings. The fourth-order valence-corrected chi connectivity index (χ4v) is 3.34. The monoisotopic (exact) mass is 298 g/mol. The van der Waals surface area contributed by atoms with Crippen molar-refractivity contribution in [2.24, 2.45) is 0 Å². The number of benzene rings is 2. The maximum atomic E-state index is 2.24. The first kappa shape index (κ1) is 15.0. The van der Waals surface area contributed by atoms with Crippen molar-refractivity contribution in [3.8, 4) is 0 Å². The van der Waals surface area contributed by atoms with Gasteiger partial charge in [0.15, 0.2) is 0 Å². The van der Waals surface area contributed by atoms with Crippen molar-refractivity contribution >= 4 is 35.7 Å². The van der Waals surface area contributed by atoms with Crippen molar-refractivity contribution in [3.63, 3.8) is 0 Å². The van der Waals surface area contributed by atoms with Gasteiger partial charge in [0.2, 0.25) is 0 Å². The highest BCUT2D eigenvalue weighted by molar-refractivity contribution is 8.01. The second-order valence-electron chi connectivity index (χ2n) is 4.24. The predicted molar refractivity (Wildman–Crippen MR) is 94.5 cm³/mol. The minimum absolute atomic E-state index is 1.22. The summed E-state index contributed by atoms with van der Waals surface area (Å²) in [6, 6.07) is 16.9. The molecule has 2 aromatic rings. The summed E-state index contributed by atoms with van der Waals surface area (Å²) in [5.74, 6) is 0. The summed E-state index contributed by atoms with van der Waals surface area (Å²) in [6.07, 6.45) is 12.7. The highest BCUT2D eigenvalue weighted by atomic mass is 32.2. The van der Waals surface area contributed by atoms with Crippen LogP contribution in [0.1, 0.15) is 11.1 Å². The normalized spacial score (nSPS) is 11.5. The van der Waals surface area contributed by atoms with E-state index in [2.05, 4.69) is 79.3 Å². The molecular formula is C18H18S2. The van der Waals surface area contributed by atoms with Gasteiger partial charge in [-0.1, -0.05) is 60.7 Å². The summed E-state index contributed by atoms with van der Waals surface area (Å²) in [5, 5.41) is 0. The molecule has 0 saturated carbocycles. The molecule has 0 radical (unpaired) electrons. The van der Waals surface area contributed by atoms with Crippen molar-refractivity contribution in [3.05, 3.63) is 71.8 Å². The third-order valence-corrected chi connectivity index (χ3v) is 4.60. The first-order valence-corrected chi connectivity index (χ1v) is 8.90. The van der Waals surface area contributed by atoms with Gasteiger partial charge in [-0.15, -0.1) is 23.5 Å². The number of thioether (sulfide) groups is 2. The Morgan fingerprint density at radius 2 is 1.35 bits per heavy atom. The maximum absolute atomic E-state index is 2.24. The molecule has 2 heteroatoms. The Hall–Kier alpha value is -1.38. The molecule has 0 atom stereocenters. The maximum Gasteiger partial charge on any atom is 0.0211 e. The Kier molecular flexibility index (Phi) is 6.03. The molecule has 0 aliphatic heterocycles. The van der Waals surface area contributed by atoms with Crippen LogP contribution in [-0.4, -0.2) is 12.5 Å². The summed E-state index contributed by atoms with van der Waals surface area (Å²) in [4.78, 5) is 2.68. The van der Waals surface area contributed by atoms with E-state index in [1.54, 1.807) is 23.5 Å². The van der Waals surface area contributed by atoms with Gasteiger partial charge in [0.05, 0.1) is 0 Å². The third kappa shape index (κ3) is 4.32. The summed E-state index contributed by atoms with van der Waals surface area (Å²) < 4.78 is 0. The molecule has 2 aromatic carbocycles. The van der Waals surface area contributed by atoms with E-state index < -0.39 is 0 Å². The van der Waals surface area contributed by atoms with Crippen LogP contribution < -0.4 is 0 Å². The van der Waals surface area contributed by atoms with E-state index in [-0.39, 0.29) is 0 Å². The summed E-state index contributed by atoms with van der Waals surface area (Å²) in [5.41, 5.74) is 2.46. The van der Waals surface area contributed by atoms with Crippen molar-refractivity contribution in [2.45, 2.75) is 9.79 Å². The van der Waals surface area contributed by atoms with Crippen LogP contribution >= 0.6 is 23.5 Å². The quantitative estimate of drug-likeness (QED) is 0.501. The molecule has 0 aliphatic carbocycles. The van der Waals surface area contributed by atoms with Gasteiger partial charge >= 0.3 is 0 Å². The SMILES string of the molecule is CSc1ccc(C=CC=Cc2ccccc2)cc1SC. The standard InChI is InChI=1S/C18H18S2/c1-19-17-13-12-16(14-18(17)20-2)11-7-6-10-15-8-4-3-5-9-15/h3-14H,1-2H3. The average Bonchev–Trinajstić information content (AvgIpc) is 2.52. The molecule has 0 heterocycles. The molecule has 0 amide bonds. The Balaban J connectivity index is 2.06. The smallest absolute Gasteiger partial charge is 0.0211 e. The lowest BCUT2D eigenvalue weighted by Gasteiger charge is -2.05. The van der Waals surface area contributed by atoms with Gasteiger partial charge in [-0.05, 0) is 35.8 Å². The third-order valence-electron chi connectivity index (χ3n) is 2.90. The van der Waals surface area contributed by atoms with Crippen LogP contribution in [-0.2, 0) is 0 Å². The predicted octanol–water partition coefficient (Wildman–Crippen LogP) is 5.86. The second kappa shape index (κ2) is 8.03. The highest BCUT2D eigenvalue weighted by Crippen LogP contribution is 2.29. The Bertz CT molecular complexity index is 598. The van der Waals surface area contributed by atoms with E-state index in [1.807, 2.05) is 6.07 Å². The van der Waals surface area contributed by atoms with E-state index in [4.69, 9.17) is 0 Å². The lowest BCUT2D eigenvalue weighted by Crippen LogP contribution is -1.79. The Morgan fingerprint density at radius 1 is 0.700 bits per heavy atom. The molecule has 0 N–H and O–H groups in total. The largest absolute Gasteiger partial charge is 0.128 e. The van der Waals surface area contributed by atoms with Crippen molar-refractivity contribution in [1.29, 1.82) is 0 Å². The van der Waals surface area contributed by atoms with Gasteiger partial charge in [-0.25, -0.2) is 0 Å². The molecule has 20 heavy (non-hydrogen) atoms. The van der Waals surface area contributed by atoms with Crippen LogP contribution in [0.15, 0.2) is 70.5 Å². The Morgan fingerprint density at radius 3 is 2.00 bits per heavy atom. The van der Waals surface area contributed by atoms with Gasteiger partial charge in [0.25, 0.3) is 0 Å². The van der Waals surface area contributed by atoms with E-state index in [9.17, 15) is 0 Å². The van der Waals surface area contributed by atoms with E-state index in [1.165, 1.54) is 20.9 Å². The highest BCUT2D eigenvalue weighted by Gasteiger charge is 1.99. The minimum atomic E-state index is 1.22. The summed E-state index contributed by atoms with van der Waals surface area (Å²) >= 11 is 3.59. The Labute approximate surface area is 130 Å². The first-order valence-electron chi connectivity index (χ1n) is 6.45. The average molecular weight is 298 g/mol. The molecule has 0 fully saturated rings. The summed E-state index contributed by atoms with van der Waals surface area (Å²) in [6.45, 7) is 0. The van der Waals surface area contributed by atoms with Crippen LogP contribution in [0.2, 0.25) is 0 Å². The fourth-order valence-electron chi connectivity index (χ4n) is 1.85. The van der Waals surface area contributed by atoms with Gasteiger partial charge in [-0.3, -0.25) is 0 Å². The van der Waals surface area contributed by atoms with Crippen molar-refractivity contribution in [2.75, 3.05) is 12.5 Å². The molecule has 0 unspecified atom stereocenters. The van der Waals surface area contributed by atoms with E-state index in [0.29, 0.717) is 0 Å². The zero-order valence-electron chi connectivity index (χ0n) is 11.7. The van der Waals surface area contributed by atoms with Crippen molar-refractivity contribution < 1.29 is 0 Å². The van der Waals surface area contributed by atoms with Crippen LogP contribution in [0, 0.1) is 0 Å². The number of hydrogen-bond acceptors (Lipinski definition) is 2. The molecule has 0 bridgehead atoms. The van der Waals surface area contributed by atoms with Gasteiger partial charge in [0.1, 0.15) is 0 Å². The molecule has 102 valence electrons. The lowest BCUT2D eigenvalue weighted by atomic mass is 10.2. The number of hydrogen-bond donors (Lipinski definition) is 0. The summed E-state index contributed by atoms with van der Waals surface area (Å²) in [7, 11) is 0. The van der Waals surface area contributed by atoms with Gasteiger partial charge < -0.3 is 0 Å². The number of rotatable bonds is 5. The van der Waals surface area contributed by atoms with Crippen LogP contribution in [0.5, 0.6) is 0 Å². The number of allylic oxidation sites excluding steroid dienone is 2. The molecule has 0 aromatic heterocycles. The topological polar surface area (TPSA) is 0 Å². The van der Waals surface area contributed by atoms with Crippen LogP contribution in [0.4, 0.5) is 0 Å². The van der Waals surface area contributed by atoms with E-state index in [0.717, 1.165) is 0 Å².